The van der Waals surface area contributed by atoms with Gasteiger partial charge in [0, 0.05) is 39.6 Å². The average molecular weight is 514 g/mol. The summed E-state index contributed by atoms with van der Waals surface area (Å²) in [6.07, 6.45) is 0.774. The topological polar surface area (TPSA) is 85.9 Å². The van der Waals surface area contributed by atoms with Crippen molar-refractivity contribution in [2.45, 2.75) is 106 Å². The fraction of sp³-hybridized carbons (Fsp3) is 1.00. The largest absolute Gasteiger partial charge is 0.531 e. The summed E-state index contributed by atoms with van der Waals surface area (Å²) in [5, 5.41) is 3.37. The molecule has 200 valence electrons. The Morgan fingerprint density at radius 2 is 0.727 bits per heavy atom. The molecule has 11 heteroatoms. The van der Waals surface area contributed by atoms with E-state index in [4.69, 9.17) is 36.0 Å². The molecule has 1 N–H and O–H groups in total. The van der Waals surface area contributed by atoms with Crippen molar-refractivity contribution >= 4 is 17.6 Å². The molecule has 0 aromatic carbocycles. The van der Waals surface area contributed by atoms with Gasteiger partial charge in [-0.15, -0.1) is 0 Å². The minimum absolute atomic E-state index is 0.294. The van der Waals surface area contributed by atoms with Crippen LogP contribution in [0.15, 0.2) is 0 Å². The molecule has 0 aliphatic carbocycles. The monoisotopic (exact) mass is 513 g/mol. The van der Waals surface area contributed by atoms with Crippen LogP contribution in [-0.2, 0) is 36.0 Å². The van der Waals surface area contributed by atoms with Crippen molar-refractivity contribution in [1.82, 2.24) is 5.32 Å². The minimum Gasteiger partial charge on any atom is -0.372 e. The van der Waals surface area contributed by atoms with Crippen molar-refractivity contribution in [3.8, 4) is 0 Å². The third kappa shape index (κ3) is 10.7. The van der Waals surface area contributed by atoms with E-state index in [1.165, 1.54) is 0 Å². The molecule has 0 saturated carbocycles. The van der Waals surface area contributed by atoms with Crippen LogP contribution in [-0.4, -0.2) is 81.2 Å². The van der Waals surface area contributed by atoms with Gasteiger partial charge in [0.2, 0.25) is 0 Å². The summed E-state index contributed by atoms with van der Waals surface area (Å²) in [4.78, 5) is 0. The number of hydrogen-bond donors (Lipinski definition) is 1. The van der Waals surface area contributed by atoms with E-state index in [9.17, 15) is 0 Å². The zero-order valence-electron chi connectivity index (χ0n) is 22.7. The Bertz CT molecular complexity index is 404. The molecule has 0 saturated heterocycles. The van der Waals surface area contributed by atoms with Gasteiger partial charge in [-0.2, -0.15) is 0 Å². The quantitative estimate of drug-likeness (QED) is 0.170. The molecule has 0 rings (SSSR count). The molecule has 0 amide bonds. The smallest absolute Gasteiger partial charge is 0.372 e. The molecule has 4 unspecified atom stereocenters. The van der Waals surface area contributed by atoms with E-state index in [0.29, 0.717) is 52.5 Å². The number of hydrogen-bond acceptors (Lipinski definition) is 9. The van der Waals surface area contributed by atoms with Gasteiger partial charge in [-0.1, -0.05) is 13.8 Å². The molecule has 0 aromatic rings. The van der Waals surface area contributed by atoms with E-state index in [1.54, 1.807) is 0 Å². The van der Waals surface area contributed by atoms with Crippen LogP contribution in [0.25, 0.3) is 0 Å². The van der Waals surface area contributed by atoms with Gasteiger partial charge in [0.1, 0.15) is 23.9 Å². The van der Waals surface area contributed by atoms with Crippen LogP contribution in [0.1, 0.15) is 82.1 Å². The summed E-state index contributed by atoms with van der Waals surface area (Å²) in [7, 11) is -5.99. The molecular formula is C22H51NO8Si2. The highest BCUT2D eigenvalue weighted by molar-refractivity contribution is 6.62. The summed E-state index contributed by atoms with van der Waals surface area (Å²) in [6.45, 7) is 22.7. The van der Waals surface area contributed by atoms with Crippen molar-refractivity contribution in [2.24, 2.45) is 0 Å². The van der Waals surface area contributed by atoms with Crippen molar-refractivity contribution in [2.75, 3.05) is 39.6 Å². The Kier molecular flexibility index (Phi) is 18.4. The van der Waals surface area contributed by atoms with Crippen LogP contribution in [0, 0.1) is 0 Å². The van der Waals surface area contributed by atoms with Crippen LogP contribution >= 0.6 is 0 Å². The van der Waals surface area contributed by atoms with E-state index >= 15 is 0 Å². The lowest BCUT2D eigenvalue weighted by Crippen LogP contribution is -2.60. The highest BCUT2D eigenvalue weighted by atomic mass is 28.4. The van der Waals surface area contributed by atoms with Crippen LogP contribution in [0.5, 0.6) is 0 Å². The summed E-state index contributed by atoms with van der Waals surface area (Å²) >= 11 is 0. The van der Waals surface area contributed by atoms with Gasteiger partial charge in [0.25, 0.3) is 0 Å². The molecule has 0 radical (unpaired) electrons. The fourth-order valence-corrected chi connectivity index (χ4v) is 9.55. The lowest BCUT2D eigenvalue weighted by Gasteiger charge is -2.38. The molecule has 0 aromatic heterocycles. The third-order valence-electron chi connectivity index (χ3n) is 4.81. The predicted octanol–water partition coefficient (Wildman–Crippen LogP) is 4.03. The summed E-state index contributed by atoms with van der Waals surface area (Å²) in [6, 6.07) is 0. The first-order valence-corrected chi connectivity index (χ1v) is 16.3. The first kappa shape index (κ1) is 33.1. The molecule has 0 fully saturated rings. The predicted molar refractivity (Wildman–Crippen MR) is 134 cm³/mol. The SMILES string of the molecule is CCO[Si](OCC)(OCC)C(CC)OC(C)NC(C)OC(CC)[Si](OCC)(OCC)OCC. The molecular weight excluding hydrogens is 462 g/mol. The van der Waals surface area contributed by atoms with Gasteiger partial charge in [-0.3, -0.25) is 5.32 Å². The number of ether oxygens (including phenoxy) is 2. The van der Waals surface area contributed by atoms with Crippen LogP contribution in [0.3, 0.4) is 0 Å². The fourth-order valence-electron chi connectivity index (χ4n) is 3.78. The zero-order valence-corrected chi connectivity index (χ0v) is 24.7. The lowest BCUT2D eigenvalue weighted by atomic mass is 10.5. The van der Waals surface area contributed by atoms with E-state index in [2.05, 4.69) is 19.2 Å². The molecule has 4 atom stereocenters. The second-order valence-corrected chi connectivity index (χ2v) is 12.8. The molecule has 0 spiro atoms. The second kappa shape index (κ2) is 18.4. The van der Waals surface area contributed by atoms with E-state index in [0.717, 1.165) is 0 Å². The van der Waals surface area contributed by atoms with Crippen molar-refractivity contribution < 1.29 is 36.0 Å². The molecule has 0 heterocycles. The van der Waals surface area contributed by atoms with Gasteiger partial charge in [-0.25, -0.2) is 0 Å². The van der Waals surface area contributed by atoms with E-state index in [1.807, 2.05) is 55.4 Å². The number of rotatable bonds is 22. The Balaban J connectivity index is 5.36. The lowest BCUT2D eigenvalue weighted by molar-refractivity contribution is -0.0928. The summed E-state index contributed by atoms with van der Waals surface area (Å²) < 4.78 is 49.0. The van der Waals surface area contributed by atoms with Crippen LogP contribution in [0.2, 0.25) is 0 Å². The molecule has 0 aliphatic heterocycles. The standard InChI is InChI=1S/C22H51NO8Si2/c1-11-21(32(24-13-3,25-14-4)26-15-5)30-19(9)23-20(10)31-22(12-2)33(27-16-6,28-17-7)29-18-8/h19-23H,11-18H2,1-10H3. The maximum atomic E-state index is 6.35. The number of nitrogens with one attached hydrogen (secondary N) is 1. The second-order valence-electron chi connectivity index (χ2n) is 7.32. The molecule has 33 heavy (non-hydrogen) atoms. The Hall–Kier alpha value is 0.0738. The zero-order chi connectivity index (χ0) is 25.3. The first-order chi connectivity index (χ1) is 15.8. The Labute approximate surface area is 204 Å². The molecule has 0 bridgehead atoms. The minimum atomic E-state index is -3.00. The third-order valence-corrected chi connectivity index (χ3v) is 11.6. The van der Waals surface area contributed by atoms with Crippen LogP contribution < -0.4 is 5.32 Å². The van der Waals surface area contributed by atoms with Crippen molar-refractivity contribution in [3.05, 3.63) is 0 Å². The molecule has 0 aliphatic rings. The van der Waals surface area contributed by atoms with E-state index < -0.39 is 17.6 Å². The van der Waals surface area contributed by atoms with Gasteiger partial charge in [-0.05, 0) is 68.2 Å². The van der Waals surface area contributed by atoms with Crippen molar-refractivity contribution in [3.63, 3.8) is 0 Å². The maximum Gasteiger partial charge on any atom is 0.531 e. The first-order valence-electron chi connectivity index (χ1n) is 12.7. The average Bonchev–Trinajstić information content (AvgIpc) is 2.76. The summed E-state index contributed by atoms with van der Waals surface area (Å²) in [5.74, 6) is 0. The van der Waals surface area contributed by atoms with Crippen LogP contribution in [0.4, 0.5) is 0 Å². The highest BCUT2D eigenvalue weighted by Gasteiger charge is 2.51. The normalized spacial score (nSPS) is 16.5. The molecule has 9 nitrogen and oxygen atoms in total. The maximum absolute atomic E-state index is 6.35. The van der Waals surface area contributed by atoms with Crippen molar-refractivity contribution in [1.29, 1.82) is 0 Å². The van der Waals surface area contributed by atoms with E-state index in [-0.39, 0.29) is 23.9 Å². The van der Waals surface area contributed by atoms with Gasteiger partial charge >= 0.3 is 17.6 Å². The van der Waals surface area contributed by atoms with Gasteiger partial charge < -0.3 is 36.0 Å². The Morgan fingerprint density at radius 3 is 0.909 bits per heavy atom. The van der Waals surface area contributed by atoms with Gasteiger partial charge in [0.05, 0.1) is 0 Å². The van der Waals surface area contributed by atoms with Gasteiger partial charge in [0.15, 0.2) is 0 Å². The summed E-state index contributed by atoms with van der Waals surface area (Å²) in [5.41, 5.74) is -0.587. The Morgan fingerprint density at radius 1 is 0.485 bits per heavy atom. The highest BCUT2D eigenvalue weighted by Crippen LogP contribution is 2.24.